The number of hydrogen-bond acceptors (Lipinski definition) is 7. The number of amides is 1. The summed E-state index contributed by atoms with van der Waals surface area (Å²) in [5, 5.41) is 13.5. The molecule has 0 fully saturated rings. The monoisotopic (exact) mass is 481 g/mol. The molecule has 0 aliphatic carbocycles. The standard InChI is InChI=1S/C22H22F3N3O4S/c1-14-13-33-20(28-14)21(30,22(23,24)25)10-19(29)27-11-16-3-4-17(18(9-16)31-2)32-12-15-5-7-26-8-6-15/h3-9,13,30H,10-12H2,1-2H3,(H,27,29). The third-order valence-corrected chi connectivity index (χ3v) is 5.83. The number of aryl methyl sites for hydroxylation is 1. The number of pyridine rings is 1. The van der Waals surface area contributed by atoms with Crippen molar-refractivity contribution in [3.05, 3.63) is 69.9 Å². The molecule has 33 heavy (non-hydrogen) atoms. The summed E-state index contributed by atoms with van der Waals surface area (Å²) in [5.74, 6) is -0.101. The van der Waals surface area contributed by atoms with Crippen LogP contribution in [0.3, 0.4) is 0 Å². The van der Waals surface area contributed by atoms with Gasteiger partial charge in [0.05, 0.1) is 13.5 Å². The zero-order valence-electron chi connectivity index (χ0n) is 17.8. The fraction of sp³-hybridized carbons (Fsp3) is 0.318. The fourth-order valence-electron chi connectivity index (χ4n) is 2.92. The molecule has 0 aliphatic rings. The predicted octanol–water partition coefficient (Wildman–Crippen LogP) is 3.89. The Hall–Kier alpha value is -3.18. The van der Waals surface area contributed by atoms with E-state index in [4.69, 9.17) is 9.47 Å². The molecule has 2 aromatic heterocycles. The van der Waals surface area contributed by atoms with E-state index in [0.717, 1.165) is 5.56 Å². The summed E-state index contributed by atoms with van der Waals surface area (Å²) in [6.45, 7) is 1.74. The van der Waals surface area contributed by atoms with E-state index in [1.54, 1.807) is 30.6 Å². The Morgan fingerprint density at radius 1 is 1.15 bits per heavy atom. The normalized spacial score (nSPS) is 13.3. The molecule has 0 spiro atoms. The van der Waals surface area contributed by atoms with Gasteiger partial charge in [0.15, 0.2) is 11.5 Å². The number of thiazole rings is 1. The first-order chi connectivity index (χ1) is 15.6. The second-order valence-corrected chi connectivity index (χ2v) is 8.09. The van der Waals surface area contributed by atoms with Crippen LogP contribution in [0.2, 0.25) is 0 Å². The molecule has 3 aromatic rings. The molecule has 3 rings (SSSR count). The molecule has 0 radical (unpaired) electrons. The molecule has 7 nitrogen and oxygen atoms in total. The first-order valence-corrected chi connectivity index (χ1v) is 10.7. The number of aliphatic hydroxyl groups is 1. The average molecular weight is 481 g/mol. The van der Waals surface area contributed by atoms with E-state index in [1.165, 1.54) is 19.4 Å². The zero-order chi connectivity index (χ0) is 24.1. The van der Waals surface area contributed by atoms with Gasteiger partial charge in [0, 0.05) is 30.0 Å². The maximum atomic E-state index is 13.6. The topological polar surface area (TPSA) is 93.6 Å². The SMILES string of the molecule is COc1cc(CNC(=O)CC(O)(c2nc(C)cs2)C(F)(F)F)ccc1OCc1ccncc1. The van der Waals surface area contributed by atoms with E-state index in [1.807, 2.05) is 12.1 Å². The van der Waals surface area contributed by atoms with Gasteiger partial charge in [-0.2, -0.15) is 13.2 Å². The van der Waals surface area contributed by atoms with Crippen molar-refractivity contribution in [2.24, 2.45) is 0 Å². The third kappa shape index (κ3) is 5.99. The molecule has 0 saturated heterocycles. The van der Waals surface area contributed by atoms with Crippen LogP contribution < -0.4 is 14.8 Å². The smallest absolute Gasteiger partial charge is 0.424 e. The minimum absolute atomic E-state index is 0.0648. The largest absolute Gasteiger partial charge is 0.493 e. The van der Waals surface area contributed by atoms with Gasteiger partial charge in [-0.1, -0.05) is 6.07 Å². The van der Waals surface area contributed by atoms with Crippen LogP contribution in [0.25, 0.3) is 0 Å². The Balaban J connectivity index is 1.64. The summed E-state index contributed by atoms with van der Waals surface area (Å²) in [5.41, 5.74) is -1.54. The summed E-state index contributed by atoms with van der Waals surface area (Å²) in [6, 6.07) is 8.54. The van der Waals surface area contributed by atoms with E-state index in [-0.39, 0.29) is 6.54 Å². The number of carbonyl (C=O) groups excluding carboxylic acids is 1. The van der Waals surface area contributed by atoms with Crippen molar-refractivity contribution in [2.45, 2.75) is 38.3 Å². The van der Waals surface area contributed by atoms with Crippen LogP contribution in [0.5, 0.6) is 11.5 Å². The molecular formula is C22H22F3N3O4S. The minimum Gasteiger partial charge on any atom is -0.493 e. The van der Waals surface area contributed by atoms with Gasteiger partial charge in [0.25, 0.3) is 0 Å². The molecule has 0 saturated carbocycles. The number of hydrogen-bond donors (Lipinski definition) is 2. The number of halogens is 3. The number of methoxy groups -OCH3 is 1. The number of aromatic nitrogens is 2. The minimum atomic E-state index is -5.06. The summed E-state index contributed by atoms with van der Waals surface area (Å²) in [4.78, 5) is 19.9. The van der Waals surface area contributed by atoms with Crippen molar-refractivity contribution < 1.29 is 32.5 Å². The number of nitrogens with zero attached hydrogens (tertiary/aromatic N) is 2. The van der Waals surface area contributed by atoms with Gasteiger partial charge in [0.2, 0.25) is 11.5 Å². The number of nitrogens with one attached hydrogen (secondary N) is 1. The van der Waals surface area contributed by atoms with Gasteiger partial charge in [-0.25, -0.2) is 4.98 Å². The van der Waals surface area contributed by atoms with Crippen LogP contribution in [0.1, 0.15) is 28.2 Å². The van der Waals surface area contributed by atoms with Crippen LogP contribution in [-0.2, 0) is 23.5 Å². The average Bonchev–Trinajstić information content (AvgIpc) is 3.23. The summed E-state index contributed by atoms with van der Waals surface area (Å²) in [7, 11) is 1.45. The molecule has 176 valence electrons. The van der Waals surface area contributed by atoms with Crippen molar-refractivity contribution in [1.82, 2.24) is 15.3 Å². The lowest BCUT2D eigenvalue weighted by Crippen LogP contribution is -2.46. The lowest BCUT2D eigenvalue weighted by molar-refractivity contribution is -0.267. The van der Waals surface area contributed by atoms with Crippen LogP contribution >= 0.6 is 11.3 Å². The van der Waals surface area contributed by atoms with Gasteiger partial charge in [0.1, 0.15) is 11.6 Å². The van der Waals surface area contributed by atoms with Crippen molar-refractivity contribution in [2.75, 3.05) is 7.11 Å². The fourth-order valence-corrected chi connectivity index (χ4v) is 3.83. The highest BCUT2D eigenvalue weighted by atomic mass is 32.1. The van der Waals surface area contributed by atoms with E-state index < -0.39 is 29.1 Å². The quantitative estimate of drug-likeness (QED) is 0.482. The lowest BCUT2D eigenvalue weighted by Gasteiger charge is -2.27. The number of rotatable bonds is 9. The molecule has 1 aromatic carbocycles. The van der Waals surface area contributed by atoms with Crippen molar-refractivity contribution in [3.63, 3.8) is 0 Å². The van der Waals surface area contributed by atoms with Crippen molar-refractivity contribution >= 4 is 17.2 Å². The van der Waals surface area contributed by atoms with Gasteiger partial charge >= 0.3 is 6.18 Å². The van der Waals surface area contributed by atoms with Gasteiger partial charge in [-0.3, -0.25) is 9.78 Å². The van der Waals surface area contributed by atoms with Crippen molar-refractivity contribution in [3.8, 4) is 11.5 Å². The first kappa shape index (κ1) is 24.5. The molecule has 2 heterocycles. The lowest BCUT2D eigenvalue weighted by atomic mass is 9.99. The molecular weight excluding hydrogens is 459 g/mol. The molecule has 1 unspecified atom stereocenters. The molecule has 1 amide bonds. The number of alkyl halides is 3. The summed E-state index contributed by atoms with van der Waals surface area (Å²) in [6.07, 6.45) is -2.96. The third-order valence-electron chi connectivity index (χ3n) is 4.72. The van der Waals surface area contributed by atoms with Gasteiger partial charge < -0.3 is 19.9 Å². The molecule has 11 heteroatoms. The summed E-state index contributed by atoms with van der Waals surface area (Å²) < 4.78 is 51.8. The Kier molecular flexibility index (Phi) is 7.54. The van der Waals surface area contributed by atoms with E-state index in [2.05, 4.69) is 15.3 Å². The van der Waals surface area contributed by atoms with Crippen LogP contribution in [0.4, 0.5) is 13.2 Å². The highest BCUT2D eigenvalue weighted by Gasteiger charge is 2.58. The maximum absolute atomic E-state index is 13.6. The zero-order valence-corrected chi connectivity index (χ0v) is 18.7. The Morgan fingerprint density at radius 2 is 1.88 bits per heavy atom. The van der Waals surface area contributed by atoms with Gasteiger partial charge in [-0.15, -0.1) is 11.3 Å². The first-order valence-electron chi connectivity index (χ1n) is 9.79. The van der Waals surface area contributed by atoms with Gasteiger partial charge in [-0.05, 0) is 42.3 Å². The molecule has 0 bridgehead atoms. The second-order valence-electron chi connectivity index (χ2n) is 7.23. The van der Waals surface area contributed by atoms with Crippen molar-refractivity contribution in [1.29, 1.82) is 0 Å². The molecule has 0 aliphatic heterocycles. The number of ether oxygens (including phenoxy) is 2. The number of carbonyl (C=O) groups is 1. The van der Waals surface area contributed by atoms with E-state index >= 15 is 0 Å². The van der Waals surface area contributed by atoms with Crippen LogP contribution in [0, 0.1) is 6.92 Å². The van der Waals surface area contributed by atoms with E-state index in [0.29, 0.717) is 40.7 Å². The summed E-state index contributed by atoms with van der Waals surface area (Å²) >= 11 is 0.654. The van der Waals surface area contributed by atoms with Crippen LogP contribution in [0.15, 0.2) is 48.1 Å². The Labute approximate surface area is 192 Å². The Bertz CT molecular complexity index is 1090. The Morgan fingerprint density at radius 3 is 2.48 bits per heavy atom. The molecule has 2 N–H and O–H groups in total. The highest BCUT2D eigenvalue weighted by Crippen LogP contribution is 2.42. The van der Waals surface area contributed by atoms with E-state index in [9.17, 15) is 23.1 Å². The predicted molar refractivity (Wildman–Crippen MR) is 115 cm³/mol. The van der Waals surface area contributed by atoms with Crippen LogP contribution in [-0.4, -0.2) is 34.3 Å². The highest BCUT2D eigenvalue weighted by molar-refractivity contribution is 7.09. The molecule has 1 atom stereocenters. The maximum Gasteiger partial charge on any atom is 0.424 e. The number of benzene rings is 1. The second kappa shape index (κ2) is 10.2.